The summed E-state index contributed by atoms with van der Waals surface area (Å²) >= 11 is 0. The molecule has 0 bridgehead atoms. The zero-order valence-electron chi connectivity index (χ0n) is 10.4. The third kappa shape index (κ3) is 2.71. The molecule has 94 valence electrons. The number of hydrogen-bond acceptors (Lipinski definition) is 3. The predicted octanol–water partition coefficient (Wildman–Crippen LogP) is 3.21. The maximum Gasteiger partial charge on any atom is 0.372 e. The Bertz CT molecular complexity index is 552. The summed E-state index contributed by atoms with van der Waals surface area (Å²) < 4.78 is 4.92. The summed E-state index contributed by atoms with van der Waals surface area (Å²) in [6.45, 7) is 4.48. The summed E-state index contributed by atoms with van der Waals surface area (Å²) in [4.78, 5) is 10.9. The molecule has 0 atom stereocenters. The number of carboxylic acids is 1. The average molecular weight is 245 g/mol. The van der Waals surface area contributed by atoms with Crippen LogP contribution >= 0.6 is 0 Å². The highest BCUT2D eigenvalue weighted by Gasteiger charge is 2.13. The number of aryl methyl sites for hydroxylation is 2. The minimum atomic E-state index is -1.04. The van der Waals surface area contributed by atoms with E-state index in [9.17, 15) is 4.79 Å². The highest BCUT2D eigenvalue weighted by Crippen LogP contribution is 2.17. The van der Waals surface area contributed by atoms with Crippen LogP contribution in [-0.2, 0) is 6.54 Å². The molecule has 1 heterocycles. The van der Waals surface area contributed by atoms with Gasteiger partial charge in [0.25, 0.3) is 0 Å². The van der Waals surface area contributed by atoms with Crippen molar-refractivity contribution >= 4 is 11.7 Å². The molecule has 0 aliphatic carbocycles. The molecule has 0 saturated heterocycles. The first kappa shape index (κ1) is 12.2. The lowest BCUT2D eigenvalue weighted by Gasteiger charge is -2.08. The van der Waals surface area contributed by atoms with Crippen LogP contribution in [0.1, 0.15) is 27.2 Å². The predicted molar refractivity (Wildman–Crippen MR) is 68.9 cm³/mol. The van der Waals surface area contributed by atoms with Crippen LogP contribution in [0.25, 0.3) is 0 Å². The number of furan rings is 1. The molecule has 0 saturated carbocycles. The second-order valence-corrected chi connectivity index (χ2v) is 4.31. The van der Waals surface area contributed by atoms with E-state index in [1.54, 1.807) is 6.07 Å². The van der Waals surface area contributed by atoms with Crippen molar-refractivity contribution in [1.82, 2.24) is 0 Å². The summed E-state index contributed by atoms with van der Waals surface area (Å²) in [7, 11) is 0. The molecule has 2 aromatic rings. The fraction of sp³-hybridized carbons (Fsp3) is 0.214. The fourth-order valence-corrected chi connectivity index (χ4v) is 1.94. The third-order valence-corrected chi connectivity index (χ3v) is 2.65. The van der Waals surface area contributed by atoms with Crippen molar-refractivity contribution in [3.05, 3.63) is 53.0 Å². The summed E-state index contributed by atoms with van der Waals surface area (Å²) in [5, 5.41) is 12.1. The van der Waals surface area contributed by atoms with Crippen LogP contribution in [0.5, 0.6) is 0 Å². The standard InChI is InChI=1S/C14H15NO3/c1-9-5-10(2)7-12(6-9)15-8-11-3-4-18-13(11)14(16)17/h3-7,15H,8H2,1-2H3,(H,16,17). The Labute approximate surface area is 105 Å². The Hall–Kier alpha value is -2.23. The van der Waals surface area contributed by atoms with Crippen molar-refractivity contribution < 1.29 is 14.3 Å². The lowest BCUT2D eigenvalue weighted by molar-refractivity contribution is 0.0661. The lowest BCUT2D eigenvalue weighted by Crippen LogP contribution is -2.04. The summed E-state index contributed by atoms with van der Waals surface area (Å²) in [6.07, 6.45) is 1.39. The molecule has 0 aliphatic heterocycles. The van der Waals surface area contributed by atoms with Crippen LogP contribution < -0.4 is 5.32 Å². The van der Waals surface area contributed by atoms with Crippen LogP contribution in [0, 0.1) is 13.8 Å². The Kier molecular flexibility index (Phi) is 3.37. The average Bonchev–Trinajstić information content (AvgIpc) is 2.73. The molecule has 0 unspecified atom stereocenters. The highest BCUT2D eigenvalue weighted by atomic mass is 16.4. The topological polar surface area (TPSA) is 62.5 Å². The van der Waals surface area contributed by atoms with E-state index in [4.69, 9.17) is 9.52 Å². The monoisotopic (exact) mass is 245 g/mol. The molecule has 4 heteroatoms. The van der Waals surface area contributed by atoms with Gasteiger partial charge in [-0.25, -0.2) is 4.79 Å². The van der Waals surface area contributed by atoms with Crippen LogP contribution in [0.4, 0.5) is 5.69 Å². The summed E-state index contributed by atoms with van der Waals surface area (Å²) in [6, 6.07) is 7.80. The number of nitrogens with one attached hydrogen (secondary N) is 1. The first-order chi connectivity index (χ1) is 8.56. The molecule has 0 spiro atoms. The zero-order valence-corrected chi connectivity index (χ0v) is 10.4. The minimum Gasteiger partial charge on any atom is -0.475 e. The Morgan fingerprint density at radius 3 is 2.56 bits per heavy atom. The molecule has 4 nitrogen and oxygen atoms in total. The number of benzene rings is 1. The Balaban J connectivity index is 2.11. The highest BCUT2D eigenvalue weighted by molar-refractivity contribution is 5.86. The van der Waals surface area contributed by atoms with Crippen molar-refractivity contribution in [2.24, 2.45) is 0 Å². The van der Waals surface area contributed by atoms with Crippen LogP contribution in [0.3, 0.4) is 0 Å². The lowest BCUT2D eigenvalue weighted by atomic mass is 10.1. The molecule has 0 radical (unpaired) electrons. The van der Waals surface area contributed by atoms with Gasteiger partial charge < -0.3 is 14.8 Å². The van der Waals surface area contributed by atoms with Gasteiger partial charge >= 0.3 is 5.97 Å². The van der Waals surface area contributed by atoms with Crippen LogP contribution in [0.15, 0.2) is 34.9 Å². The van der Waals surface area contributed by atoms with Gasteiger partial charge in [-0.15, -0.1) is 0 Å². The molecule has 1 aromatic carbocycles. The zero-order chi connectivity index (χ0) is 13.1. The number of aromatic carboxylic acids is 1. The van der Waals surface area contributed by atoms with Gasteiger partial charge in [-0.2, -0.15) is 0 Å². The van der Waals surface area contributed by atoms with Gasteiger partial charge in [0.1, 0.15) is 0 Å². The van der Waals surface area contributed by atoms with Crippen molar-refractivity contribution in [3.8, 4) is 0 Å². The quantitative estimate of drug-likeness (QED) is 0.868. The molecule has 0 fully saturated rings. The second kappa shape index (κ2) is 4.96. The third-order valence-electron chi connectivity index (χ3n) is 2.65. The molecule has 0 amide bonds. The van der Waals surface area contributed by atoms with E-state index >= 15 is 0 Å². The second-order valence-electron chi connectivity index (χ2n) is 4.31. The number of rotatable bonds is 4. The first-order valence-electron chi connectivity index (χ1n) is 5.68. The van der Waals surface area contributed by atoms with Crippen LogP contribution in [-0.4, -0.2) is 11.1 Å². The van der Waals surface area contributed by atoms with Gasteiger partial charge in [0.05, 0.1) is 6.26 Å². The van der Waals surface area contributed by atoms with Crippen LogP contribution in [0.2, 0.25) is 0 Å². The SMILES string of the molecule is Cc1cc(C)cc(NCc2ccoc2C(=O)O)c1. The molecule has 2 rings (SSSR count). The van der Waals surface area contributed by atoms with Crippen molar-refractivity contribution in [1.29, 1.82) is 0 Å². The first-order valence-corrected chi connectivity index (χ1v) is 5.68. The van der Waals surface area contributed by atoms with E-state index in [0.717, 1.165) is 5.69 Å². The van der Waals surface area contributed by atoms with E-state index in [1.807, 2.05) is 26.0 Å². The van der Waals surface area contributed by atoms with Gasteiger partial charge in [-0.1, -0.05) is 6.07 Å². The van der Waals surface area contributed by atoms with E-state index < -0.39 is 5.97 Å². The number of carboxylic acid groups (broad SMARTS) is 1. The number of hydrogen-bond donors (Lipinski definition) is 2. The minimum absolute atomic E-state index is 0.00752. The molecular formula is C14H15NO3. The molecule has 2 N–H and O–H groups in total. The summed E-state index contributed by atoms with van der Waals surface area (Å²) in [5.41, 5.74) is 3.96. The maximum atomic E-state index is 10.9. The number of anilines is 1. The van der Waals surface area contributed by atoms with E-state index in [-0.39, 0.29) is 5.76 Å². The molecular weight excluding hydrogens is 230 g/mol. The van der Waals surface area contributed by atoms with Gasteiger partial charge in [0.15, 0.2) is 0 Å². The number of carbonyl (C=O) groups is 1. The van der Waals surface area contributed by atoms with Crippen molar-refractivity contribution in [2.75, 3.05) is 5.32 Å². The van der Waals surface area contributed by atoms with Crippen molar-refractivity contribution in [3.63, 3.8) is 0 Å². The van der Waals surface area contributed by atoms with Gasteiger partial charge in [0.2, 0.25) is 5.76 Å². The smallest absolute Gasteiger partial charge is 0.372 e. The normalized spacial score (nSPS) is 10.3. The van der Waals surface area contributed by atoms with E-state index in [1.165, 1.54) is 17.4 Å². The molecule has 0 aliphatic rings. The Morgan fingerprint density at radius 2 is 1.94 bits per heavy atom. The van der Waals surface area contributed by atoms with E-state index in [0.29, 0.717) is 12.1 Å². The largest absolute Gasteiger partial charge is 0.475 e. The Morgan fingerprint density at radius 1 is 1.28 bits per heavy atom. The van der Waals surface area contributed by atoms with Crippen molar-refractivity contribution in [2.45, 2.75) is 20.4 Å². The molecule has 1 aromatic heterocycles. The van der Waals surface area contributed by atoms with E-state index in [2.05, 4.69) is 11.4 Å². The summed E-state index contributed by atoms with van der Waals surface area (Å²) in [5.74, 6) is -1.05. The van der Waals surface area contributed by atoms with Gasteiger partial charge in [-0.05, 0) is 43.2 Å². The van der Waals surface area contributed by atoms with Gasteiger partial charge in [-0.3, -0.25) is 0 Å². The van der Waals surface area contributed by atoms with Gasteiger partial charge in [0, 0.05) is 17.8 Å². The molecule has 18 heavy (non-hydrogen) atoms. The maximum absolute atomic E-state index is 10.9. The fourth-order valence-electron chi connectivity index (χ4n) is 1.94.